The van der Waals surface area contributed by atoms with Crippen LogP contribution in [0, 0.1) is 6.92 Å². The molecule has 0 unspecified atom stereocenters. The van der Waals surface area contributed by atoms with Gasteiger partial charge in [0.25, 0.3) is 0 Å². The second-order valence-corrected chi connectivity index (χ2v) is 6.28. The molecule has 0 radical (unpaired) electrons. The van der Waals surface area contributed by atoms with Gasteiger partial charge in [0.05, 0.1) is 0 Å². The Morgan fingerprint density at radius 2 is 1.33 bits per heavy atom. The largest absolute Gasteiger partial charge is 0.369 e. The molecule has 1 aliphatic rings. The molecule has 0 bridgehead atoms. The molecule has 0 aromatic heterocycles. The molecule has 2 aromatic carbocycles. The van der Waals surface area contributed by atoms with E-state index >= 15 is 0 Å². The summed E-state index contributed by atoms with van der Waals surface area (Å²) >= 11 is 0. The van der Waals surface area contributed by atoms with Gasteiger partial charge in [-0.15, -0.1) is 0 Å². The zero-order chi connectivity index (χ0) is 16.9. The number of likely N-dealkylation sites (N-methyl/N-ethyl adjacent to an activating group) is 1. The first-order valence-corrected chi connectivity index (χ1v) is 8.28. The number of anilines is 3. The number of hydrogen-bond acceptors (Lipinski definition) is 3. The standard InChI is InChI=1S/C19H24N4O/c1-15-3-5-16(6-4-15)20-19(24)21-17-7-9-18(10-8-17)23-13-11-22(2)12-14-23/h3-10H,11-14H2,1-2H3,(H2,20,21,24). The smallest absolute Gasteiger partial charge is 0.323 e. The topological polar surface area (TPSA) is 47.6 Å². The molecule has 5 heteroatoms. The first-order chi connectivity index (χ1) is 11.6. The average Bonchev–Trinajstić information content (AvgIpc) is 2.58. The van der Waals surface area contributed by atoms with E-state index in [1.54, 1.807) is 0 Å². The quantitative estimate of drug-likeness (QED) is 0.910. The van der Waals surface area contributed by atoms with E-state index in [1.165, 1.54) is 11.3 Å². The molecule has 2 N–H and O–H groups in total. The number of rotatable bonds is 3. The molecule has 126 valence electrons. The lowest BCUT2D eigenvalue weighted by Crippen LogP contribution is -2.44. The van der Waals surface area contributed by atoms with Crippen molar-refractivity contribution < 1.29 is 4.79 Å². The van der Waals surface area contributed by atoms with Crippen LogP contribution in [0.4, 0.5) is 21.9 Å². The van der Waals surface area contributed by atoms with Crippen molar-refractivity contribution in [1.82, 2.24) is 4.90 Å². The van der Waals surface area contributed by atoms with Crippen molar-refractivity contribution in [1.29, 1.82) is 0 Å². The molecule has 0 saturated carbocycles. The SMILES string of the molecule is Cc1ccc(NC(=O)Nc2ccc(N3CCN(C)CC3)cc2)cc1. The summed E-state index contributed by atoms with van der Waals surface area (Å²) in [6.07, 6.45) is 0. The predicted molar refractivity (Wildman–Crippen MR) is 100.0 cm³/mol. The normalized spacial score (nSPS) is 15.2. The van der Waals surface area contributed by atoms with Crippen LogP contribution in [0.3, 0.4) is 0 Å². The highest BCUT2D eigenvalue weighted by atomic mass is 16.2. The van der Waals surface area contributed by atoms with Crippen LogP contribution in [-0.4, -0.2) is 44.2 Å². The summed E-state index contributed by atoms with van der Waals surface area (Å²) in [5.41, 5.74) is 3.94. The Labute approximate surface area is 143 Å². The molecule has 1 fully saturated rings. The molecule has 2 aromatic rings. The number of benzene rings is 2. The Hall–Kier alpha value is -2.53. The third kappa shape index (κ3) is 4.26. The van der Waals surface area contributed by atoms with Gasteiger partial charge in [-0.25, -0.2) is 4.79 Å². The summed E-state index contributed by atoms with van der Waals surface area (Å²) in [6, 6.07) is 15.5. The van der Waals surface area contributed by atoms with Gasteiger partial charge < -0.3 is 20.4 Å². The summed E-state index contributed by atoms with van der Waals surface area (Å²) < 4.78 is 0. The van der Waals surface area contributed by atoms with Gasteiger partial charge in [-0.3, -0.25) is 0 Å². The van der Waals surface area contributed by atoms with Crippen LogP contribution in [0.2, 0.25) is 0 Å². The Morgan fingerprint density at radius 1 is 0.833 bits per heavy atom. The maximum absolute atomic E-state index is 12.1. The molecule has 3 rings (SSSR count). The Bertz CT molecular complexity index is 674. The van der Waals surface area contributed by atoms with Crippen LogP contribution in [0.5, 0.6) is 0 Å². The van der Waals surface area contributed by atoms with E-state index in [0.29, 0.717) is 0 Å². The molecule has 1 saturated heterocycles. The fourth-order valence-electron chi connectivity index (χ4n) is 2.75. The Kier molecular flexibility index (Phi) is 5.01. The lowest BCUT2D eigenvalue weighted by molar-refractivity contribution is 0.262. The van der Waals surface area contributed by atoms with Gasteiger partial charge in [0, 0.05) is 43.2 Å². The molecule has 5 nitrogen and oxygen atoms in total. The van der Waals surface area contributed by atoms with Crippen molar-refractivity contribution in [2.75, 3.05) is 48.8 Å². The number of carbonyl (C=O) groups is 1. The highest BCUT2D eigenvalue weighted by Crippen LogP contribution is 2.19. The minimum absolute atomic E-state index is 0.230. The zero-order valence-corrected chi connectivity index (χ0v) is 14.2. The molecular weight excluding hydrogens is 300 g/mol. The van der Waals surface area contributed by atoms with Crippen LogP contribution >= 0.6 is 0 Å². The average molecular weight is 324 g/mol. The van der Waals surface area contributed by atoms with Crippen LogP contribution in [-0.2, 0) is 0 Å². The highest BCUT2D eigenvalue weighted by Gasteiger charge is 2.14. The minimum atomic E-state index is -0.230. The number of aryl methyl sites for hydroxylation is 1. The van der Waals surface area contributed by atoms with E-state index < -0.39 is 0 Å². The first kappa shape index (κ1) is 16.3. The third-order valence-corrected chi connectivity index (χ3v) is 4.30. The van der Waals surface area contributed by atoms with Crippen molar-refractivity contribution in [2.24, 2.45) is 0 Å². The second-order valence-electron chi connectivity index (χ2n) is 6.28. The van der Waals surface area contributed by atoms with Gasteiger partial charge >= 0.3 is 6.03 Å². The number of nitrogens with one attached hydrogen (secondary N) is 2. The van der Waals surface area contributed by atoms with Crippen LogP contribution in [0.25, 0.3) is 0 Å². The number of urea groups is 1. The van der Waals surface area contributed by atoms with Gasteiger partial charge in [0.15, 0.2) is 0 Å². The second kappa shape index (κ2) is 7.36. The Morgan fingerprint density at radius 3 is 1.88 bits per heavy atom. The number of carbonyl (C=O) groups excluding carboxylic acids is 1. The van der Waals surface area contributed by atoms with Crippen molar-refractivity contribution >= 4 is 23.1 Å². The molecular formula is C19H24N4O. The summed E-state index contributed by atoms with van der Waals surface area (Å²) in [5, 5.41) is 5.70. The van der Waals surface area contributed by atoms with Crippen LogP contribution in [0.1, 0.15) is 5.56 Å². The van der Waals surface area contributed by atoms with Gasteiger partial charge in [0.2, 0.25) is 0 Å². The summed E-state index contributed by atoms with van der Waals surface area (Å²) in [5.74, 6) is 0. The number of amides is 2. The predicted octanol–water partition coefficient (Wildman–Crippen LogP) is 3.39. The van der Waals surface area contributed by atoms with Gasteiger partial charge in [0.1, 0.15) is 0 Å². The molecule has 0 atom stereocenters. The van der Waals surface area contributed by atoms with E-state index in [4.69, 9.17) is 0 Å². The molecule has 1 aliphatic heterocycles. The maximum Gasteiger partial charge on any atom is 0.323 e. The Balaban J connectivity index is 1.55. The van der Waals surface area contributed by atoms with Gasteiger partial charge in [-0.05, 0) is 50.4 Å². The van der Waals surface area contributed by atoms with Crippen molar-refractivity contribution in [3.05, 3.63) is 54.1 Å². The molecule has 24 heavy (non-hydrogen) atoms. The van der Waals surface area contributed by atoms with E-state index in [2.05, 4.69) is 39.6 Å². The number of piperazine rings is 1. The maximum atomic E-state index is 12.1. The van der Waals surface area contributed by atoms with Crippen LogP contribution in [0.15, 0.2) is 48.5 Å². The molecule has 2 amide bonds. The summed E-state index contributed by atoms with van der Waals surface area (Å²) in [6.45, 7) is 6.26. The molecule has 0 aliphatic carbocycles. The number of hydrogen-bond donors (Lipinski definition) is 2. The summed E-state index contributed by atoms with van der Waals surface area (Å²) in [7, 11) is 2.15. The summed E-state index contributed by atoms with van der Waals surface area (Å²) in [4.78, 5) is 16.8. The first-order valence-electron chi connectivity index (χ1n) is 8.28. The minimum Gasteiger partial charge on any atom is -0.369 e. The van der Waals surface area contributed by atoms with Crippen molar-refractivity contribution in [3.8, 4) is 0 Å². The highest BCUT2D eigenvalue weighted by molar-refractivity contribution is 5.99. The fourth-order valence-corrected chi connectivity index (χ4v) is 2.75. The van der Waals surface area contributed by atoms with Crippen molar-refractivity contribution in [2.45, 2.75) is 6.92 Å². The van der Waals surface area contributed by atoms with Gasteiger partial charge in [-0.1, -0.05) is 17.7 Å². The molecule has 0 spiro atoms. The van der Waals surface area contributed by atoms with E-state index in [-0.39, 0.29) is 6.03 Å². The monoisotopic (exact) mass is 324 g/mol. The van der Waals surface area contributed by atoms with Crippen LogP contribution < -0.4 is 15.5 Å². The fraction of sp³-hybridized carbons (Fsp3) is 0.316. The lowest BCUT2D eigenvalue weighted by Gasteiger charge is -2.34. The van der Waals surface area contributed by atoms with E-state index in [0.717, 1.165) is 37.6 Å². The van der Waals surface area contributed by atoms with E-state index in [9.17, 15) is 4.79 Å². The zero-order valence-electron chi connectivity index (χ0n) is 14.2. The molecule has 1 heterocycles. The van der Waals surface area contributed by atoms with E-state index in [1.807, 2.05) is 43.3 Å². The van der Waals surface area contributed by atoms with Gasteiger partial charge in [-0.2, -0.15) is 0 Å². The lowest BCUT2D eigenvalue weighted by atomic mass is 10.2. The number of nitrogens with zero attached hydrogens (tertiary/aromatic N) is 2. The van der Waals surface area contributed by atoms with Crippen molar-refractivity contribution in [3.63, 3.8) is 0 Å². The third-order valence-electron chi connectivity index (χ3n) is 4.30.